The number of amides is 2. The molecule has 0 radical (unpaired) electrons. The minimum atomic E-state index is -0.666. The van der Waals surface area contributed by atoms with Gasteiger partial charge in [-0.25, -0.2) is 0 Å². The van der Waals surface area contributed by atoms with Crippen molar-refractivity contribution in [1.29, 1.82) is 0 Å². The summed E-state index contributed by atoms with van der Waals surface area (Å²) < 4.78 is 0. The molecular formula is C22H28N2O2. The summed E-state index contributed by atoms with van der Waals surface area (Å²) in [7, 11) is 0. The van der Waals surface area contributed by atoms with Crippen LogP contribution in [0.3, 0.4) is 0 Å². The Balaban J connectivity index is 2.17. The Kier molecular flexibility index (Phi) is 6.19. The van der Waals surface area contributed by atoms with E-state index >= 15 is 0 Å². The van der Waals surface area contributed by atoms with Crippen molar-refractivity contribution in [3.63, 3.8) is 0 Å². The summed E-state index contributed by atoms with van der Waals surface area (Å²) in [5, 5.41) is 5.50. The second kappa shape index (κ2) is 8.17. The number of hydrogen-bond donors (Lipinski definition) is 2. The highest BCUT2D eigenvalue weighted by molar-refractivity contribution is 6.43. The van der Waals surface area contributed by atoms with E-state index in [0.717, 1.165) is 17.5 Å². The number of carbonyl (C=O) groups excluding carboxylic acids is 2. The van der Waals surface area contributed by atoms with E-state index in [0.29, 0.717) is 17.3 Å². The molecule has 2 amide bonds. The molecule has 0 bridgehead atoms. The van der Waals surface area contributed by atoms with Crippen LogP contribution in [0.15, 0.2) is 48.5 Å². The topological polar surface area (TPSA) is 58.2 Å². The minimum absolute atomic E-state index is 0.135. The Bertz CT molecular complexity index is 791. The molecule has 1 unspecified atom stereocenters. The highest BCUT2D eigenvalue weighted by Crippen LogP contribution is 2.29. The van der Waals surface area contributed by atoms with Crippen molar-refractivity contribution in [2.75, 3.05) is 10.6 Å². The zero-order valence-corrected chi connectivity index (χ0v) is 16.2. The predicted octanol–water partition coefficient (Wildman–Crippen LogP) is 5.07. The van der Waals surface area contributed by atoms with Gasteiger partial charge in [-0.3, -0.25) is 9.59 Å². The van der Waals surface area contributed by atoms with Gasteiger partial charge in [0.05, 0.1) is 0 Å². The van der Waals surface area contributed by atoms with Gasteiger partial charge in [0.25, 0.3) is 0 Å². The van der Waals surface area contributed by atoms with Crippen molar-refractivity contribution in [1.82, 2.24) is 0 Å². The number of benzene rings is 2. The lowest BCUT2D eigenvalue weighted by Gasteiger charge is -2.23. The highest BCUT2D eigenvalue weighted by Gasteiger charge is 2.21. The first-order chi connectivity index (χ1) is 12.2. The first kappa shape index (κ1) is 19.7. The van der Waals surface area contributed by atoms with Gasteiger partial charge in [-0.1, -0.05) is 71.0 Å². The Morgan fingerprint density at radius 1 is 0.885 bits per heavy atom. The van der Waals surface area contributed by atoms with E-state index in [4.69, 9.17) is 0 Å². The van der Waals surface area contributed by atoms with Crippen LogP contribution in [-0.2, 0) is 15.0 Å². The molecule has 26 heavy (non-hydrogen) atoms. The lowest BCUT2D eigenvalue weighted by molar-refractivity contribution is -0.133. The Morgan fingerprint density at radius 2 is 1.38 bits per heavy atom. The van der Waals surface area contributed by atoms with Gasteiger partial charge >= 0.3 is 11.8 Å². The molecule has 0 fully saturated rings. The van der Waals surface area contributed by atoms with Crippen molar-refractivity contribution in [2.24, 2.45) is 0 Å². The quantitative estimate of drug-likeness (QED) is 0.754. The first-order valence-corrected chi connectivity index (χ1v) is 9.04. The van der Waals surface area contributed by atoms with Gasteiger partial charge in [-0.05, 0) is 41.0 Å². The second-order valence-corrected chi connectivity index (χ2v) is 7.60. The predicted molar refractivity (Wildman–Crippen MR) is 108 cm³/mol. The summed E-state index contributed by atoms with van der Waals surface area (Å²) in [5.74, 6) is -1.03. The highest BCUT2D eigenvalue weighted by atomic mass is 16.2. The van der Waals surface area contributed by atoms with Gasteiger partial charge in [0.15, 0.2) is 0 Å². The lowest BCUT2D eigenvalue weighted by Crippen LogP contribution is -2.30. The normalized spacial score (nSPS) is 12.3. The fourth-order valence-corrected chi connectivity index (χ4v) is 2.86. The molecular weight excluding hydrogens is 324 g/mol. The molecule has 0 aromatic heterocycles. The molecule has 2 aromatic carbocycles. The molecule has 4 heteroatoms. The summed E-state index contributed by atoms with van der Waals surface area (Å²) in [5.41, 5.74) is 3.23. The van der Waals surface area contributed by atoms with E-state index in [1.807, 2.05) is 48.5 Å². The zero-order chi connectivity index (χ0) is 19.3. The van der Waals surface area contributed by atoms with Gasteiger partial charge in [0, 0.05) is 11.4 Å². The molecule has 0 aliphatic heterocycles. The van der Waals surface area contributed by atoms with Crippen molar-refractivity contribution in [3.05, 3.63) is 59.7 Å². The van der Waals surface area contributed by atoms with Gasteiger partial charge in [0.1, 0.15) is 0 Å². The average Bonchev–Trinajstić information content (AvgIpc) is 2.61. The molecule has 2 rings (SSSR count). The molecule has 0 spiro atoms. The third-order valence-electron chi connectivity index (χ3n) is 4.54. The van der Waals surface area contributed by atoms with Crippen LogP contribution in [0.4, 0.5) is 11.4 Å². The number of carbonyl (C=O) groups is 2. The molecule has 0 heterocycles. The number of anilines is 2. The Hall–Kier alpha value is -2.62. The number of nitrogens with one attached hydrogen (secondary N) is 2. The van der Waals surface area contributed by atoms with Crippen LogP contribution in [0.2, 0.25) is 0 Å². The van der Waals surface area contributed by atoms with Crippen molar-refractivity contribution < 1.29 is 9.59 Å². The number of hydrogen-bond acceptors (Lipinski definition) is 2. The second-order valence-electron chi connectivity index (χ2n) is 7.60. The maximum Gasteiger partial charge on any atom is 0.314 e. The fourth-order valence-electron chi connectivity index (χ4n) is 2.86. The maximum absolute atomic E-state index is 12.4. The molecule has 0 saturated heterocycles. The van der Waals surface area contributed by atoms with Gasteiger partial charge in [0.2, 0.25) is 0 Å². The van der Waals surface area contributed by atoms with E-state index in [9.17, 15) is 9.59 Å². The van der Waals surface area contributed by atoms with Gasteiger partial charge < -0.3 is 10.6 Å². The summed E-state index contributed by atoms with van der Waals surface area (Å²) in [6.45, 7) is 10.4. The van der Waals surface area contributed by atoms with Crippen molar-refractivity contribution in [3.8, 4) is 0 Å². The van der Waals surface area contributed by atoms with Crippen molar-refractivity contribution in [2.45, 2.75) is 52.4 Å². The van der Waals surface area contributed by atoms with Crippen LogP contribution in [-0.4, -0.2) is 11.8 Å². The van der Waals surface area contributed by atoms with Crippen LogP contribution in [0.25, 0.3) is 0 Å². The number of para-hydroxylation sites is 2. The summed E-state index contributed by atoms with van der Waals surface area (Å²) in [4.78, 5) is 24.8. The third-order valence-corrected chi connectivity index (χ3v) is 4.54. The van der Waals surface area contributed by atoms with Crippen LogP contribution in [0, 0.1) is 0 Å². The summed E-state index contributed by atoms with van der Waals surface area (Å²) >= 11 is 0. The fraction of sp³-hybridized carbons (Fsp3) is 0.364. The molecule has 0 saturated carbocycles. The molecule has 2 N–H and O–H groups in total. The van der Waals surface area contributed by atoms with Gasteiger partial charge in [-0.15, -0.1) is 0 Å². The average molecular weight is 352 g/mol. The summed E-state index contributed by atoms with van der Waals surface area (Å²) in [6.07, 6.45) is 0.956. The maximum atomic E-state index is 12.4. The molecule has 0 aliphatic rings. The Labute approximate surface area is 156 Å². The molecule has 4 nitrogen and oxygen atoms in total. The van der Waals surface area contributed by atoms with E-state index < -0.39 is 11.8 Å². The molecule has 2 aromatic rings. The third kappa shape index (κ3) is 4.72. The van der Waals surface area contributed by atoms with E-state index in [1.54, 1.807) is 0 Å². The molecule has 1 atom stereocenters. The minimum Gasteiger partial charge on any atom is -0.318 e. The van der Waals surface area contributed by atoms with E-state index in [1.165, 1.54) is 0 Å². The van der Waals surface area contributed by atoms with Crippen LogP contribution in [0.5, 0.6) is 0 Å². The first-order valence-electron chi connectivity index (χ1n) is 9.04. The zero-order valence-electron chi connectivity index (χ0n) is 16.2. The van der Waals surface area contributed by atoms with Gasteiger partial charge in [-0.2, -0.15) is 0 Å². The standard InChI is InChI=1S/C22H28N2O2/c1-6-15(2)16-11-7-9-13-18(16)23-20(25)21(26)24-19-14-10-8-12-17(19)22(3,4)5/h7-15H,6H2,1-5H3,(H,23,25)(H,24,26). The monoisotopic (exact) mass is 352 g/mol. The van der Waals surface area contributed by atoms with E-state index in [2.05, 4.69) is 45.3 Å². The Morgan fingerprint density at radius 3 is 1.96 bits per heavy atom. The lowest BCUT2D eigenvalue weighted by atomic mass is 9.86. The molecule has 138 valence electrons. The van der Waals surface area contributed by atoms with E-state index in [-0.39, 0.29) is 5.41 Å². The van der Waals surface area contributed by atoms with Crippen LogP contribution in [0.1, 0.15) is 58.1 Å². The van der Waals surface area contributed by atoms with Crippen LogP contribution >= 0.6 is 0 Å². The largest absolute Gasteiger partial charge is 0.318 e. The summed E-state index contributed by atoms with van der Waals surface area (Å²) in [6, 6.07) is 15.2. The molecule has 0 aliphatic carbocycles. The van der Waals surface area contributed by atoms with Crippen LogP contribution < -0.4 is 10.6 Å². The smallest absolute Gasteiger partial charge is 0.314 e. The SMILES string of the molecule is CCC(C)c1ccccc1NC(=O)C(=O)Nc1ccccc1C(C)(C)C. The number of rotatable bonds is 4. The van der Waals surface area contributed by atoms with Crippen molar-refractivity contribution >= 4 is 23.2 Å².